The average Bonchev–Trinajstić information content (AvgIpc) is 2.30. The highest BCUT2D eigenvalue weighted by Gasteiger charge is 2.26. The summed E-state index contributed by atoms with van der Waals surface area (Å²) in [5.41, 5.74) is 0. The molecule has 94 valence electrons. The highest BCUT2D eigenvalue weighted by Crippen LogP contribution is 2.49. The fraction of sp³-hybridized carbons (Fsp3) is 0.500. The van der Waals surface area contributed by atoms with Crippen molar-refractivity contribution in [2.45, 2.75) is 38.1 Å². The molecule has 1 atom stereocenters. The van der Waals surface area contributed by atoms with E-state index < -0.39 is 6.87 Å². The van der Waals surface area contributed by atoms with E-state index in [0.29, 0.717) is 5.75 Å². The van der Waals surface area contributed by atoms with Crippen LogP contribution in [0, 0.1) is 0 Å². The average molecular weight is 274 g/mol. The van der Waals surface area contributed by atoms with E-state index in [1.54, 1.807) is 12.1 Å². The Morgan fingerprint density at radius 3 is 2.47 bits per heavy atom. The van der Waals surface area contributed by atoms with E-state index in [4.69, 9.17) is 15.8 Å². The number of benzene rings is 1. The molecule has 1 aromatic carbocycles. The fourth-order valence-electron chi connectivity index (χ4n) is 2.09. The molecule has 1 aromatic rings. The minimum atomic E-state index is -3.26. The van der Waals surface area contributed by atoms with Crippen LogP contribution in [0.2, 0.25) is 0 Å². The third kappa shape index (κ3) is 4.34. The van der Waals surface area contributed by atoms with Crippen molar-refractivity contribution < 1.29 is 9.09 Å². The van der Waals surface area contributed by atoms with Gasteiger partial charge in [0.25, 0.3) is 0 Å². The van der Waals surface area contributed by atoms with Crippen LogP contribution in [0.3, 0.4) is 0 Å². The van der Waals surface area contributed by atoms with Gasteiger partial charge in [-0.2, -0.15) is 0 Å². The van der Waals surface area contributed by atoms with Gasteiger partial charge in [0.1, 0.15) is 5.75 Å². The Kier molecular flexibility index (Phi) is 4.49. The van der Waals surface area contributed by atoms with Crippen LogP contribution in [-0.2, 0) is 4.57 Å². The van der Waals surface area contributed by atoms with Gasteiger partial charge in [-0.15, -0.1) is 0 Å². The van der Waals surface area contributed by atoms with E-state index in [1.807, 2.05) is 18.2 Å². The predicted molar refractivity (Wildman–Crippen MR) is 70.5 cm³/mol. The number of nitrogens with one attached hydrogen (secondary N) is 1. The third-order valence-electron chi connectivity index (χ3n) is 2.91. The van der Waals surface area contributed by atoms with Crippen LogP contribution in [0.4, 0.5) is 0 Å². The van der Waals surface area contributed by atoms with E-state index in [1.165, 1.54) is 19.3 Å². The summed E-state index contributed by atoms with van der Waals surface area (Å²) in [6, 6.07) is 9.24. The monoisotopic (exact) mass is 273 g/mol. The smallest absolute Gasteiger partial charge is 0.409 e. The molecule has 17 heavy (non-hydrogen) atoms. The largest absolute Gasteiger partial charge is 0.422 e. The lowest BCUT2D eigenvalue weighted by Gasteiger charge is -2.25. The second kappa shape index (κ2) is 5.90. The molecule has 0 saturated heterocycles. The Balaban J connectivity index is 1.92. The summed E-state index contributed by atoms with van der Waals surface area (Å²) < 4.78 is 17.4. The summed E-state index contributed by atoms with van der Waals surface area (Å²) in [4.78, 5) is 0. The van der Waals surface area contributed by atoms with Gasteiger partial charge in [0.2, 0.25) is 0 Å². The summed E-state index contributed by atoms with van der Waals surface area (Å²) in [7, 11) is 0. The summed E-state index contributed by atoms with van der Waals surface area (Å²) >= 11 is 5.93. The third-order valence-corrected chi connectivity index (χ3v) is 4.53. The van der Waals surface area contributed by atoms with Crippen LogP contribution in [-0.4, -0.2) is 6.04 Å². The number of para-hydroxylation sites is 1. The van der Waals surface area contributed by atoms with Gasteiger partial charge in [-0.25, -0.2) is 9.65 Å². The zero-order chi connectivity index (χ0) is 12.1. The maximum Gasteiger partial charge on any atom is 0.409 e. The molecule has 5 heteroatoms. The van der Waals surface area contributed by atoms with Gasteiger partial charge in [0.15, 0.2) is 0 Å². The minimum absolute atomic E-state index is 0.218. The Labute approximate surface area is 107 Å². The van der Waals surface area contributed by atoms with Crippen molar-refractivity contribution in [3.63, 3.8) is 0 Å². The van der Waals surface area contributed by atoms with Gasteiger partial charge in [-0.3, -0.25) is 0 Å². The summed E-state index contributed by atoms with van der Waals surface area (Å²) in [5.74, 6) is 0.536. The molecule has 1 aliphatic rings. The van der Waals surface area contributed by atoms with E-state index >= 15 is 0 Å². The highest BCUT2D eigenvalue weighted by atomic mass is 35.7. The molecule has 1 N–H and O–H groups in total. The van der Waals surface area contributed by atoms with Crippen molar-refractivity contribution in [3.8, 4) is 5.75 Å². The van der Waals surface area contributed by atoms with Gasteiger partial charge in [-0.05, 0) is 25.0 Å². The fourth-order valence-corrected chi connectivity index (χ4v) is 3.89. The van der Waals surface area contributed by atoms with Gasteiger partial charge in [0.05, 0.1) is 0 Å². The van der Waals surface area contributed by atoms with Gasteiger partial charge in [0, 0.05) is 17.3 Å². The van der Waals surface area contributed by atoms with Gasteiger partial charge < -0.3 is 4.52 Å². The predicted octanol–water partition coefficient (Wildman–Crippen LogP) is 4.33. The molecule has 0 bridgehead atoms. The first-order valence-corrected chi connectivity index (χ1v) is 8.51. The molecule has 0 amide bonds. The van der Waals surface area contributed by atoms with Crippen molar-refractivity contribution in [3.05, 3.63) is 30.3 Å². The van der Waals surface area contributed by atoms with Crippen LogP contribution in [0.25, 0.3) is 0 Å². The zero-order valence-electron chi connectivity index (χ0n) is 9.64. The number of hydrogen-bond acceptors (Lipinski definition) is 2. The Bertz CT molecular complexity index is 393. The Hall–Kier alpha value is -0.500. The standard InChI is InChI=1S/C12H17ClNO2P/c13-17(15,14-11-7-3-1-4-8-11)16-12-9-5-2-6-10-12/h2,5-6,9-11H,1,3-4,7-8H2,(H,14,15). The Morgan fingerprint density at radius 1 is 1.18 bits per heavy atom. The maximum atomic E-state index is 12.1. The molecule has 1 fully saturated rings. The maximum absolute atomic E-state index is 12.1. The molecule has 0 aromatic heterocycles. The summed E-state index contributed by atoms with van der Waals surface area (Å²) in [5, 5.41) is 2.94. The molecule has 0 spiro atoms. The minimum Gasteiger partial charge on any atom is -0.422 e. The second-order valence-electron chi connectivity index (χ2n) is 4.35. The van der Waals surface area contributed by atoms with E-state index in [9.17, 15) is 4.57 Å². The van der Waals surface area contributed by atoms with Gasteiger partial charge >= 0.3 is 6.87 Å². The topological polar surface area (TPSA) is 38.3 Å². The lowest BCUT2D eigenvalue weighted by molar-refractivity contribution is 0.396. The second-order valence-corrected chi connectivity index (χ2v) is 7.08. The molecular formula is C12H17ClNO2P. The van der Waals surface area contributed by atoms with Crippen molar-refractivity contribution in [2.24, 2.45) is 0 Å². The van der Waals surface area contributed by atoms with Crippen LogP contribution < -0.4 is 9.61 Å². The molecule has 2 rings (SSSR count). The SMILES string of the molecule is O=P(Cl)(NC1CCCCC1)Oc1ccccc1. The van der Waals surface area contributed by atoms with Crippen LogP contribution >= 0.6 is 18.1 Å². The van der Waals surface area contributed by atoms with Crippen molar-refractivity contribution >= 4 is 18.1 Å². The van der Waals surface area contributed by atoms with E-state index in [-0.39, 0.29) is 6.04 Å². The molecule has 0 radical (unpaired) electrons. The summed E-state index contributed by atoms with van der Waals surface area (Å²) in [6.45, 7) is -3.26. The van der Waals surface area contributed by atoms with Crippen LogP contribution in [0.1, 0.15) is 32.1 Å². The molecule has 1 aliphatic carbocycles. The van der Waals surface area contributed by atoms with Gasteiger partial charge in [-0.1, -0.05) is 37.5 Å². The first-order valence-electron chi connectivity index (χ1n) is 5.98. The van der Waals surface area contributed by atoms with Crippen molar-refractivity contribution in [1.82, 2.24) is 5.09 Å². The number of halogens is 1. The quantitative estimate of drug-likeness (QED) is 0.830. The van der Waals surface area contributed by atoms with Crippen molar-refractivity contribution in [1.29, 1.82) is 0 Å². The normalized spacial score (nSPS) is 20.8. The Morgan fingerprint density at radius 2 is 1.82 bits per heavy atom. The number of hydrogen-bond donors (Lipinski definition) is 1. The van der Waals surface area contributed by atoms with Crippen molar-refractivity contribution in [2.75, 3.05) is 0 Å². The molecule has 1 saturated carbocycles. The molecule has 3 nitrogen and oxygen atoms in total. The van der Waals surface area contributed by atoms with Crippen LogP contribution in [0.5, 0.6) is 5.75 Å². The molecular weight excluding hydrogens is 257 g/mol. The summed E-state index contributed by atoms with van der Waals surface area (Å²) in [6.07, 6.45) is 5.63. The zero-order valence-corrected chi connectivity index (χ0v) is 11.3. The highest BCUT2D eigenvalue weighted by molar-refractivity contribution is 7.84. The lowest BCUT2D eigenvalue weighted by atomic mass is 9.96. The van der Waals surface area contributed by atoms with E-state index in [2.05, 4.69) is 5.09 Å². The lowest BCUT2D eigenvalue weighted by Crippen LogP contribution is -2.28. The molecule has 0 aliphatic heterocycles. The molecule has 0 heterocycles. The number of rotatable bonds is 4. The van der Waals surface area contributed by atoms with Crippen LogP contribution in [0.15, 0.2) is 30.3 Å². The first kappa shape index (κ1) is 12.9. The molecule has 1 unspecified atom stereocenters. The van der Waals surface area contributed by atoms with E-state index in [0.717, 1.165) is 12.8 Å². The first-order chi connectivity index (χ1) is 8.16.